The number of aryl methyl sites for hydroxylation is 2. The van der Waals surface area contributed by atoms with E-state index in [1.165, 1.54) is 4.68 Å². The summed E-state index contributed by atoms with van der Waals surface area (Å²) in [5.41, 5.74) is 3.87. The molecule has 0 saturated carbocycles. The van der Waals surface area contributed by atoms with Crippen LogP contribution in [0.25, 0.3) is 16.6 Å². The first-order valence-electron chi connectivity index (χ1n) is 8.06. The zero-order valence-corrected chi connectivity index (χ0v) is 14.0. The van der Waals surface area contributed by atoms with Gasteiger partial charge in [-0.2, -0.15) is 10.2 Å². The lowest BCUT2D eigenvalue weighted by Gasteiger charge is -2.09. The van der Waals surface area contributed by atoms with Crippen LogP contribution < -0.4 is 5.56 Å². The third kappa shape index (κ3) is 2.61. The van der Waals surface area contributed by atoms with Gasteiger partial charge in [-0.1, -0.05) is 24.3 Å². The molecule has 0 aliphatic carbocycles. The molecule has 0 spiro atoms. The van der Waals surface area contributed by atoms with Crippen LogP contribution in [0.4, 0.5) is 0 Å². The number of hydrogen-bond donors (Lipinski definition) is 0. The Balaban J connectivity index is 1.94. The largest absolute Gasteiger partial charge is 0.293 e. The van der Waals surface area contributed by atoms with Gasteiger partial charge in [-0.3, -0.25) is 9.78 Å². The fourth-order valence-electron chi connectivity index (χ4n) is 2.96. The molecule has 0 aliphatic rings. The quantitative estimate of drug-likeness (QED) is 0.579. The average Bonchev–Trinajstić information content (AvgIpc) is 3.06. The molecular weight excluding hydrogens is 314 g/mol. The third-order valence-electron chi connectivity index (χ3n) is 4.25. The van der Waals surface area contributed by atoms with Gasteiger partial charge in [0.05, 0.1) is 29.8 Å². The predicted octanol–water partition coefficient (Wildman–Crippen LogP) is 2.64. The highest BCUT2D eigenvalue weighted by molar-refractivity contribution is 5.81. The van der Waals surface area contributed by atoms with Crippen molar-refractivity contribution in [3.63, 3.8) is 0 Å². The highest BCUT2D eigenvalue weighted by Gasteiger charge is 2.16. The van der Waals surface area contributed by atoms with Crippen LogP contribution in [-0.4, -0.2) is 24.5 Å². The van der Waals surface area contributed by atoms with E-state index in [-0.39, 0.29) is 5.56 Å². The summed E-state index contributed by atoms with van der Waals surface area (Å²) in [5.74, 6) is 0. The van der Waals surface area contributed by atoms with Crippen molar-refractivity contribution in [2.24, 2.45) is 0 Å². The first kappa shape index (κ1) is 15.3. The molecule has 4 aromatic rings. The highest BCUT2D eigenvalue weighted by atomic mass is 16.1. The molecule has 3 heterocycles. The molecule has 0 saturated heterocycles. The highest BCUT2D eigenvalue weighted by Crippen LogP contribution is 2.19. The standard InChI is InChI=1S/C19H17N5O/c1-13-7-3-4-9-17(13)24-18-16(11-21-24)14(2)22-23(19(18)25)12-15-8-5-6-10-20-15/h3-11H,12H2,1-2H3. The molecule has 0 aliphatic heterocycles. The summed E-state index contributed by atoms with van der Waals surface area (Å²) >= 11 is 0. The van der Waals surface area contributed by atoms with Crippen LogP contribution in [0, 0.1) is 13.8 Å². The zero-order valence-electron chi connectivity index (χ0n) is 14.0. The van der Waals surface area contributed by atoms with Crippen molar-refractivity contribution < 1.29 is 0 Å². The summed E-state index contributed by atoms with van der Waals surface area (Å²) in [6.07, 6.45) is 3.42. The summed E-state index contributed by atoms with van der Waals surface area (Å²) in [5, 5.41) is 9.65. The third-order valence-corrected chi connectivity index (χ3v) is 4.25. The molecule has 0 atom stereocenters. The van der Waals surface area contributed by atoms with Crippen LogP contribution in [-0.2, 0) is 6.54 Å². The number of rotatable bonds is 3. The SMILES string of the molecule is Cc1ccccc1-n1ncc2c(C)nn(Cc3ccccn3)c(=O)c21. The molecule has 4 rings (SSSR count). The van der Waals surface area contributed by atoms with Gasteiger partial charge in [0.2, 0.25) is 0 Å². The lowest BCUT2D eigenvalue weighted by atomic mass is 10.2. The maximum absolute atomic E-state index is 13.1. The average molecular weight is 331 g/mol. The van der Waals surface area contributed by atoms with Gasteiger partial charge in [-0.05, 0) is 37.6 Å². The molecular formula is C19H17N5O. The van der Waals surface area contributed by atoms with Gasteiger partial charge < -0.3 is 0 Å². The van der Waals surface area contributed by atoms with E-state index in [1.54, 1.807) is 17.1 Å². The van der Waals surface area contributed by atoms with E-state index in [0.29, 0.717) is 12.1 Å². The van der Waals surface area contributed by atoms with Crippen LogP contribution in [0.1, 0.15) is 17.0 Å². The Morgan fingerprint density at radius 3 is 2.60 bits per heavy atom. The Bertz CT molecular complexity index is 1110. The van der Waals surface area contributed by atoms with Gasteiger partial charge in [0.15, 0.2) is 0 Å². The lowest BCUT2D eigenvalue weighted by Crippen LogP contribution is -2.26. The number of para-hydroxylation sites is 1. The van der Waals surface area contributed by atoms with E-state index in [9.17, 15) is 4.79 Å². The summed E-state index contributed by atoms with van der Waals surface area (Å²) in [6.45, 7) is 4.22. The van der Waals surface area contributed by atoms with Crippen molar-refractivity contribution in [1.29, 1.82) is 0 Å². The van der Waals surface area contributed by atoms with E-state index in [4.69, 9.17) is 0 Å². The number of hydrogen-bond acceptors (Lipinski definition) is 4. The molecule has 6 heteroatoms. The number of benzene rings is 1. The second-order valence-corrected chi connectivity index (χ2v) is 5.97. The molecule has 124 valence electrons. The van der Waals surface area contributed by atoms with Gasteiger partial charge in [0.25, 0.3) is 5.56 Å². The van der Waals surface area contributed by atoms with Gasteiger partial charge in [-0.25, -0.2) is 9.36 Å². The van der Waals surface area contributed by atoms with Crippen molar-refractivity contribution >= 4 is 10.9 Å². The van der Waals surface area contributed by atoms with Crippen LogP contribution in [0.2, 0.25) is 0 Å². The van der Waals surface area contributed by atoms with Crippen LogP contribution in [0.5, 0.6) is 0 Å². The number of aromatic nitrogens is 5. The Morgan fingerprint density at radius 2 is 1.84 bits per heavy atom. The summed E-state index contributed by atoms with van der Waals surface area (Å²) in [7, 11) is 0. The van der Waals surface area contributed by atoms with Crippen molar-refractivity contribution in [2.75, 3.05) is 0 Å². The Kier molecular flexibility index (Phi) is 3.65. The molecule has 6 nitrogen and oxygen atoms in total. The molecule has 3 aromatic heterocycles. The summed E-state index contributed by atoms with van der Waals surface area (Å²) in [6, 6.07) is 13.5. The molecule has 0 amide bonds. The van der Waals surface area contributed by atoms with Crippen LogP contribution in [0.3, 0.4) is 0 Å². The van der Waals surface area contributed by atoms with E-state index in [1.807, 2.05) is 56.3 Å². The Morgan fingerprint density at radius 1 is 1.04 bits per heavy atom. The van der Waals surface area contributed by atoms with Crippen molar-refractivity contribution in [2.45, 2.75) is 20.4 Å². The molecule has 0 fully saturated rings. The van der Waals surface area contributed by atoms with Crippen LogP contribution >= 0.6 is 0 Å². The second kappa shape index (κ2) is 5.98. The first-order valence-corrected chi connectivity index (χ1v) is 8.06. The fraction of sp³-hybridized carbons (Fsp3) is 0.158. The van der Waals surface area contributed by atoms with Gasteiger partial charge in [0.1, 0.15) is 5.52 Å². The summed E-state index contributed by atoms with van der Waals surface area (Å²) < 4.78 is 3.16. The topological polar surface area (TPSA) is 65.6 Å². The predicted molar refractivity (Wildman–Crippen MR) is 95.9 cm³/mol. The first-order chi connectivity index (χ1) is 12.1. The number of fused-ring (bicyclic) bond motifs is 1. The van der Waals surface area contributed by atoms with Gasteiger partial charge in [-0.15, -0.1) is 0 Å². The number of nitrogens with zero attached hydrogens (tertiary/aromatic N) is 5. The molecule has 0 bridgehead atoms. The summed E-state index contributed by atoms with van der Waals surface area (Å²) in [4.78, 5) is 17.3. The molecule has 0 N–H and O–H groups in total. The maximum atomic E-state index is 13.1. The van der Waals surface area contributed by atoms with Crippen LogP contribution in [0.15, 0.2) is 59.7 Å². The normalized spacial score (nSPS) is 11.1. The smallest absolute Gasteiger partial charge is 0.265 e. The van der Waals surface area contributed by atoms with Crippen molar-refractivity contribution in [3.05, 3.63) is 82.2 Å². The Labute approximate surface area is 144 Å². The van der Waals surface area contributed by atoms with Crippen molar-refractivity contribution in [1.82, 2.24) is 24.5 Å². The monoisotopic (exact) mass is 331 g/mol. The molecule has 1 aromatic carbocycles. The lowest BCUT2D eigenvalue weighted by molar-refractivity contribution is 0.624. The van der Waals surface area contributed by atoms with Gasteiger partial charge in [0, 0.05) is 11.6 Å². The minimum Gasteiger partial charge on any atom is -0.265 e. The number of pyridine rings is 1. The molecule has 25 heavy (non-hydrogen) atoms. The second-order valence-electron chi connectivity index (χ2n) is 5.97. The maximum Gasteiger partial charge on any atom is 0.293 e. The zero-order chi connectivity index (χ0) is 17.4. The Hall–Kier alpha value is -3.28. The van der Waals surface area contributed by atoms with E-state index < -0.39 is 0 Å². The van der Waals surface area contributed by atoms with E-state index >= 15 is 0 Å². The van der Waals surface area contributed by atoms with E-state index in [0.717, 1.165) is 28.0 Å². The van der Waals surface area contributed by atoms with Gasteiger partial charge >= 0.3 is 0 Å². The fourth-order valence-corrected chi connectivity index (χ4v) is 2.96. The minimum absolute atomic E-state index is 0.174. The van der Waals surface area contributed by atoms with E-state index in [2.05, 4.69) is 15.2 Å². The molecule has 0 radical (unpaired) electrons. The molecule has 0 unspecified atom stereocenters. The van der Waals surface area contributed by atoms with Crippen molar-refractivity contribution in [3.8, 4) is 5.69 Å². The minimum atomic E-state index is -0.174.